The van der Waals surface area contributed by atoms with Crippen LogP contribution in [0.15, 0.2) is 0 Å². The maximum absolute atomic E-state index is 10.4. The summed E-state index contributed by atoms with van der Waals surface area (Å²) in [5, 5.41) is 31.3. The summed E-state index contributed by atoms with van der Waals surface area (Å²) < 4.78 is 3.62. The number of nitrogens with zero attached hydrogens (tertiary/aromatic N) is 10. The highest BCUT2D eigenvalue weighted by molar-refractivity contribution is 5.83. The fourth-order valence-corrected chi connectivity index (χ4v) is 3.68. The lowest BCUT2D eigenvalue weighted by Crippen LogP contribution is -2.31. The molecule has 2 aliphatic rings. The van der Waals surface area contributed by atoms with Gasteiger partial charge in [0, 0.05) is 18.5 Å². The van der Waals surface area contributed by atoms with E-state index in [-0.39, 0.29) is 5.41 Å². The Balaban J connectivity index is 1.59. The lowest BCUT2D eigenvalue weighted by molar-refractivity contribution is 0.0839. The molecular weight excluding hydrogens is 372 g/mol. The number of hydrogen-bond donors (Lipinski definition) is 1. The standard InChI is InChI=1S/C18H26N10O/c1-17(2,3)16-19-14(26-8-7-18(4,29)10-26)13-15(20-16)27(24-22-13)9-12-21-23-25-28(12)11-5-6-11/h11,29H,5-10H2,1-4H3/t18-/m0/s1. The Hall–Kier alpha value is -2.69. The summed E-state index contributed by atoms with van der Waals surface area (Å²) >= 11 is 0. The Morgan fingerprint density at radius 1 is 1.14 bits per heavy atom. The van der Waals surface area contributed by atoms with Crippen LogP contribution in [0.1, 0.15) is 64.6 Å². The van der Waals surface area contributed by atoms with Crippen molar-refractivity contribution in [2.75, 3.05) is 18.0 Å². The van der Waals surface area contributed by atoms with E-state index in [2.05, 4.69) is 51.5 Å². The molecule has 0 spiro atoms. The molecule has 1 aliphatic heterocycles. The fraction of sp³-hybridized carbons (Fsp3) is 0.722. The van der Waals surface area contributed by atoms with Gasteiger partial charge >= 0.3 is 0 Å². The van der Waals surface area contributed by atoms with Gasteiger partial charge in [0.2, 0.25) is 0 Å². The van der Waals surface area contributed by atoms with Crippen molar-refractivity contribution in [2.24, 2.45) is 0 Å². The molecule has 11 heteroatoms. The molecule has 0 radical (unpaired) electrons. The van der Waals surface area contributed by atoms with Gasteiger partial charge in [0.05, 0.1) is 11.6 Å². The van der Waals surface area contributed by atoms with E-state index in [1.165, 1.54) is 0 Å². The van der Waals surface area contributed by atoms with E-state index in [1.807, 2.05) is 11.6 Å². The summed E-state index contributed by atoms with van der Waals surface area (Å²) in [6.45, 7) is 9.73. The van der Waals surface area contributed by atoms with Crippen LogP contribution in [0.25, 0.3) is 11.2 Å². The monoisotopic (exact) mass is 398 g/mol. The molecule has 0 amide bonds. The largest absolute Gasteiger partial charge is 0.388 e. The van der Waals surface area contributed by atoms with E-state index in [9.17, 15) is 5.11 Å². The number of tetrazole rings is 1. The summed E-state index contributed by atoms with van der Waals surface area (Å²) in [4.78, 5) is 11.7. The van der Waals surface area contributed by atoms with Crippen molar-refractivity contribution in [3.8, 4) is 0 Å². The van der Waals surface area contributed by atoms with E-state index >= 15 is 0 Å². The molecule has 0 aromatic carbocycles. The SMILES string of the molecule is CC(C)(C)c1nc(N2CC[C@](C)(O)C2)c2nnn(Cc3nnnn3C3CC3)c2n1. The van der Waals surface area contributed by atoms with Crippen molar-refractivity contribution < 1.29 is 5.11 Å². The molecule has 11 nitrogen and oxygen atoms in total. The summed E-state index contributed by atoms with van der Waals surface area (Å²) in [6.07, 6.45) is 2.89. The van der Waals surface area contributed by atoms with E-state index < -0.39 is 5.60 Å². The van der Waals surface area contributed by atoms with Gasteiger partial charge in [-0.25, -0.2) is 19.3 Å². The third-order valence-electron chi connectivity index (χ3n) is 5.51. The van der Waals surface area contributed by atoms with Crippen molar-refractivity contribution in [2.45, 2.75) is 70.6 Å². The number of fused-ring (bicyclic) bond motifs is 1. The first-order chi connectivity index (χ1) is 13.7. The van der Waals surface area contributed by atoms with Crippen LogP contribution in [-0.2, 0) is 12.0 Å². The summed E-state index contributed by atoms with van der Waals surface area (Å²) in [5.41, 5.74) is 0.329. The molecule has 3 aromatic rings. The average Bonchev–Trinajstić information content (AvgIpc) is 3.07. The van der Waals surface area contributed by atoms with Crippen LogP contribution in [0.4, 0.5) is 5.82 Å². The predicted molar refractivity (Wildman–Crippen MR) is 104 cm³/mol. The average molecular weight is 398 g/mol. The molecule has 0 unspecified atom stereocenters. The van der Waals surface area contributed by atoms with Crippen molar-refractivity contribution in [3.63, 3.8) is 0 Å². The molecule has 154 valence electrons. The van der Waals surface area contributed by atoms with Crippen LogP contribution < -0.4 is 4.90 Å². The fourth-order valence-electron chi connectivity index (χ4n) is 3.68. The highest BCUT2D eigenvalue weighted by atomic mass is 16.3. The van der Waals surface area contributed by atoms with Gasteiger partial charge in [0.15, 0.2) is 22.8 Å². The van der Waals surface area contributed by atoms with Gasteiger partial charge in [-0.05, 0) is 36.6 Å². The second kappa shape index (κ2) is 6.15. The molecule has 4 heterocycles. The Morgan fingerprint density at radius 2 is 1.93 bits per heavy atom. The number of anilines is 1. The molecule has 1 N–H and O–H groups in total. The molecule has 1 aliphatic carbocycles. The molecule has 1 atom stereocenters. The smallest absolute Gasteiger partial charge is 0.184 e. The third-order valence-corrected chi connectivity index (χ3v) is 5.51. The summed E-state index contributed by atoms with van der Waals surface area (Å²) in [5.74, 6) is 2.20. The van der Waals surface area contributed by atoms with Crippen LogP contribution in [0.2, 0.25) is 0 Å². The van der Waals surface area contributed by atoms with Crippen molar-refractivity contribution in [1.82, 2.24) is 45.2 Å². The third kappa shape index (κ3) is 3.33. The molecule has 0 bridgehead atoms. The Morgan fingerprint density at radius 3 is 2.59 bits per heavy atom. The predicted octanol–water partition coefficient (Wildman–Crippen LogP) is 0.850. The number of hydrogen-bond acceptors (Lipinski definition) is 9. The van der Waals surface area contributed by atoms with Crippen LogP contribution >= 0.6 is 0 Å². The Kier molecular flexibility index (Phi) is 3.89. The molecule has 29 heavy (non-hydrogen) atoms. The topological polar surface area (TPSA) is 124 Å². The van der Waals surface area contributed by atoms with Crippen molar-refractivity contribution in [1.29, 1.82) is 0 Å². The number of aliphatic hydroxyl groups is 1. The second-order valence-electron chi connectivity index (χ2n) is 9.48. The van der Waals surface area contributed by atoms with Crippen molar-refractivity contribution in [3.05, 3.63) is 11.6 Å². The number of rotatable bonds is 4. The van der Waals surface area contributed by atoms with Crippen molar-refractivity contribution >= 4 is 17.0 Å². The van der Waals surface area contributed by atoms with Gasteiger partial charge in [-0.2, -0.15) is 0 Å². The summed E-state index contributed by atoms with van der Waals surface area (Å²) in [7, 11) is 0. The number of β-amino-alcohol motifs (C(OH)–C–C–N with tert-alkyl or cyclic N) is 1. The Labute approximate surface area is 168 Å². The zero-order valence-corrected chi connectivity index (χ0v) is 17.2. The minimum absolute atomic E-state index is 0.240. The van der Waals surface area contributed by atoms with E-state index in [4.69, 9.17) is 9.97 Å². The Bertz CT molecular complexity index is 1060. The first kappa shape index (κ1) is 18.3. The van der Waals surface area contributed by atoms with Gasteiger partial charge in [-0.1, -0.05) is 26.0 Å². The normalized spacial score (nSPS) is 22.7. The van der Waals surface area contributed by atoms with Gasteiger partial charge in [-0.3, -0.25) is 0 Å². The van der Waals surface area contributed by atoms with Crippen LogP contribution in [0, 0.1) is 0 Å². The molecule has 2 fully saturated rings. The van der Waals surface area contributed by atoms with Gasteiger partial charge in [0.25, 0.3) is 0 Å². The molecular formula is C18H26N10O. The first-order valence-electron chi connectivity index (χ1n) is 10.1. The van der Waals surface area contributed by atoms with Gasteiger partial charge in [-0.15, -0.1) is 10.2 Å². The zero-order chi connectivity index (χ0) is 20.4. The minimum Gasteiger partial charge on any atom is -0.388 e. The molecule has 1 saturated carbocycles. The van der Waals surface area contributed by atoms with Gasteiger partial charge < -0.3 is 10.0 Å². The lowest BCUT2D eigenvalue weighted by atomic mass is 9.96. The zero-order valence-electron chi connectivity index (χ0n) is 17.2. The van der Waals surface area contributed by atoms with Gasteiger partial charge in [0.1, 0.15) is 12.4 Å². The highest BCUT2D eigenvalue weighted by Gasteiger charge is 2.35. The second-order valence-corrected chi connectivity index (χ2v) is 9.48. The maximum atomic E-state index is 10.4. The van der Waals surface area contributed by atoms with Crippen LogP contribution in [0.3, 0.4) is 0 Å². The van der Waals surface area contributed by atoms with E-state index in [1.54, 1.807) is 4.68 Å². The number of aromatic nitrogens is 9. The van der Waals surface area contributed by atoms with E-state index in [0.717, 1.165) is 36.9 Å². The lowest BCUT2D eigenvalue weighted by Gasteiger charge is -2.23. The minimum atomic E-state index is -0.735. The summed E-state index contributed by atoms with van der Waals surface area (Å²) in [6, 6.07) is 0.386. The molecule has 5 rings (SSSR count). The van der Waals surface area contributed by atoms with Crippen LogP contribution in [-0.4, -0.2) is 69.0 Å². The maximum Gasteiger partial charge on any atom is 0.184 e. The van der Waals surface area contributed by atoms with Crippen LogP contribution in [0.5, 0.6) is 0 Å². The first-order valence-corrected chi connectivity index (χ1v) is 10.1. The molecule has 1 saturated heterocycles. The molecule has 3 aromatic heterocycles. The van der Waals surface area contributed by atoms with E-state index in [0.29, 0.717) is 36.7 Å². The highest BCUT2D eigenvalue weighted by Crippen LogP contribution is 2.35. The quantitative estimate of drug-likeness (QED) is 0.681.